The van der Waals surface area contributed by atoms with Gasteiger partial charge in [0.1, 0.15) is 5.82 Å². The molecule has 0 saturated carbocycles. The number of anilines is 3. The minimum Gasteiger partial charge on any atom is -0.398 e. The van der Waals surface area contributed by atoms with Crippen LogP contribution >= 0.6 is 11.6 Å². The van der Waals surface area contributed by atoms with Crippen LogP contribution in [0, 0.1) is 12.7 Å². The third kappa shape index (κ3) is 3.39. The predicted molar refractivity (Wildman–Crippen MR) is 75.3 cm³/mol. The van der Waals surface area contributed by atoms with Crippen molar-refractivity contribution < 1.29 is 17.6 Å². The Balaban J connectivity index is 2.42. The SMILES string of the molecule is Cc1cc(N)c(Cl)cc1Nc1cc(C(F)(F)F)ccc1F. The Morgan fingerprint density at radius 2 is 1.76 bits per heavy atom. The number of halogens is 5. The zero-order valence-electron chi connectivity index (χ0n) is 10.9. The smallest absolute Gasteiger partial charge is 0.398 e. The summed E-state index contributed by atoms with van der Waals surface area (Å²) in [5.74, 6) is -0.796. The molecular weight excluding hydrogens is 308 g/mol. The molecule has 0 saturated heterocycles. The van der Waals surface area contributed by atoms with Crippen molar-refractivity contribution in [2.75, 3.05) is 11.1 Å². The fourth-order valence-electron chi connectivity index (χ4n) is 1.78. The molecule has 7 heteroatoms. The Kier molecular flexibility index (Phi) is 4.00. The molecule has 0 amide bonds. The molecular formula is C14H11ClF4N2. The Labute approximate surface area is 123 Å². The first-order chi connectivity index (χ1) is 9.68. The minimum absolute atomic E-state index is 0.232. The highest BCUT2D eigenvalue weighted by molar-refractivity contribution is 6.33. The van der Waals surface area contributed by atoms with Crippen LogP contribution in [0.3, 0.4) is 0 Å². The molecule has 0 unspecified atom stereocenters. The topological polar surface area (TPSA) is 38.0 Å². The van der Waals surface area contributed by atoms with E-state index in [0.717, 1.165) is 6.07 Å². The molecule has 2 rings (SSSR count). The van der Waals surface area contributed by atoms with Crippen molar-refractivity contribution in [3.63, 3.8) is 0 Å². The van der Waals surface area contributed by atoms with E-state index in [0.29, 0.717) is 29.1 Å². The molecule has 0 aromatic heterocycles. The van der Waals surface area contributed by atoms with Crippen LogP contribution in [0.2, 0.25) is 5.02 Å². The molecule has 3 N–H and O–H groups in total. The summed E-state index contributed by atoms with van der Waals surface area (Å²) in [5, 5.41) is 2.84. The first-order valence-corrected chi connectivity index (χ1v) is 6.25. The van der Waals surface area contributed by atoms with Crippen LogP contribution in [-0.4, -0.2) is 0 Å². The third-order valence-corrected chi connectivity index (χ3v) is 3.23. The summed E-state index contributed by atoms with van der Waals surface area (Å²) in [4.78, 5) is 0. The van der Waals surface area contributed by atoms with Gasteiger partial charge in [-0.15, -0.1) is 0 Å². The quantitative estimate of drug-likeness (QED) is 0.595. The monoisotopic (exact) mass is 318 g/mol. The first kappa shape index (κ1) is 15.4. The van der Waals surface area contributed by atoms with Crippen LogP contribution < -0.4 is 11.1 Å². The lowest BCUT2D eigenvalue weighted by Gasteiger charge is -2.14. The van der Waals surface area contributed by atoms with E-state index in [1.165, 1.54) is 6.07 Å². The Bertz CT molecular complexity index is 683. The highest BCUT2D eigenvalue weighted by atomic mass is 35.5. The lowest BCUT2D eigenvalue weighted by Crippen LogP contribution is -2.06. The van der Waals surface area contributed by atoms with E-state index in [9.17, 15) is 17.6 Å². The van der Waals surface area contributed by atoms with E-state index >= 15 is 0 Å². The predicted octanol–water partition coefficient (Wildman–Crippen LogP) is 5.13. The van der Waals surface area contributed by atoms with E-state index in [1.807, 2.05) is 0 Å². The van der Waals surface area contributed by atoms with Crippen LogP contribution in [0.4, 0.5) is 34.6 Å². The fraction of sp³-hybridized carbons (Fsp3) is 0.143. The van der Waals surface area contributed by atoms with Gasteiger partial charge in [-0.05, 0) is 42.8 Å². The minimum atomic E-state index is -4.54. The average molecular weight is 319 g/mol. The highest BCUT2D eigenvalue weighted by Gasteiger charge is 2.31. The molecule has 0 aliphatic heterocycles. The normalized spacial score (nSPS) is 11.5. The number of benzene rings is 2. The maximum absolute atomic E-state index is 13.7. The van der Waals surface area contributed by atoms with Crippen LogP contribution in [0.1, 0.15) is 11.1 Å². The maximum Gasteiger partial charge on any atom is 0.416 e. The van der Waals surface area contributed by atoms with Gasteiger partial charge >= 0.3 is 6.18 Å². The van der Waals surface area contributed by atoms with Crippen molar-refractivity contribution >= 4 is 28.7 Å². The summed E-state index contributed by atoms with van der Waals surface area (Å²) >= 11 is 5.86. The zero-order chi connectivity index (χ0) is 15.8. The Morgan fingerprint density at radius 1 is 1.10 bits per heavy atom. The van der Waals surface area contributed by atoms with Crippen LogP contribution in [-0.2, 0) is 6.18 Å². The molecule has 0 aliphatic rings. The molecule has 0 bridgehead atoms. The summed E-state index contributed by atoms with van der Waals surface area (Å²) in [6.07, 6.45) is -4.54. The summed E-state index contributed by atoms with van der Waals surface area (Å²) in [6, 6.07) is 5.14. The summed E-state index contributed by atoms with van der Waals surface area (Å²) in [7, 11) is 0. The van der Waals surface area contributed by atoms with Crippen LogP contribution in [0.25, 0.3) is 0 Å². The van der Waals surface area contributed by atoms with Crippen molar-refractivity contribution in [1.82, 2.24) is 0 Å². The molecule has 0 atom stereocenters. The van der Waals surface area contributed by atoms with Crippen molar-refractivity contribution in [3.8, 4) is 0 Å². The van der Waals surface area contributed by atoms with Gasteiger partial charge in [-0.1, -0.05) is 11.6 Å². The van der Waals surface area contributed by atoms with E-state index < -0.39 is 17.6 Å². The standard InChI is InChI=1S/C14H11ClF4N2/c1-7-4-11(20)9(15)6-12(7)21-13-5-8(14(17,18)19)2-3-10(13)16/h2-6,21H,20H2,1H3. The van der Waals surface area contributed by atoms with Crippen molar-refractivity contribution in [3.05, 3.63) is 52.3 Å². The number of rotatable bonds is 2. The number of alkyl halides is 3. The molecule has 0 aliphatic carbocycles. The molecule has 0 fully saturated rings. The van der Waals surface area contributed by atoms with Crippen molar-refractivity contribution in [2.24, 2.45) is 0 Å². The van der Waals surface area contributed by atoms with E-state index in [1.54, 1.807) is 13.0 Å². The average Bonchev–Trinajstić information content (AvgIpc) is 2.37. The molecule has 2 nitrogen and oxygen atoms in total. The summed E-state index contributed by atoms with van der Waals surface area (Å²) < 4.78 is 51.6. The molecule has 0 heterocycles. The fourth-order valence-corrected chi connectivity index (χ4v) is 1.94. The van der Waals surface area contributed by atoms with E-state index in [2.05, 4.69) is 5.32 Å². The summed E-state index contributed by atoms with van der Waals surface area (Å²) in [5.41, 5.74) is 5.74. The summed E-state index contributed by atoms with van der Waals surface area (Å²) in [6.45, 7) is 1.68. The van der Waals surface area contributed by atoms with Crippen LogP contribution in [0.5, 0.6) is 0 Å². The van der Waals surface area contributed by atoms with Crippen molar-refractivity contribution in [1.29, 1.82) is 0 Å². The largest absolute Gasteiger partial charge is 0.416 e. The molecule has 2 aromatic carbocycles. The van der Waals surface area contributed by atoms with Gasteiger partial charge in [0.25, 0.3) is 0 Å². The number of hydrogen-bond donors (Lipinski definition) is 2. The molecule has 0 radical (unpaired) electrons. The second-order valence-corrected chi connectivity index (χ2v) is 4.91. The molecule has 21 heavy (non-hydrogen) atoms. The van der Waals surface area contributed by atoms with Gasteiger partial charge in [0.15, 0.2) is 0 Å². The Hall–Kier alpha value is -1.95. The lowest BCUT2D eigenvalue weighted by molar-refractivity contribution is -0.137. The molecule has 2 aromatic rings. The van der Waals surface area contributed by atoms with Crippen LogP contribution in [0.15, 0.2) is 30.3 Å². The van der Waals surface area contributed by atoms with Gasteiger partial charge in [0.05, 0.1) is 22.0 Å². The molecule has 0 spiro atoms. The van der Waals surface area contributed by atoms with Gasteiger partial charge in [-0.3, -0.25) is 0 Å². The zero-order valence-corrected chi connectivity index (χ0v) is 11.6. The van der Waals surface area contributed by atoms with E-state index in [4.69, 9.17) is 17.3 Å². The van der Waals surface area contributed by atoms with Gasteiger partial charge in [0, 0.05) is 5.69 Å². The molecule has 112 valence electrons. The van der Waals surface area contributed by atoms with Gasteiger partial charge in [-0.25, -0.2) is 4.39 Å². The van der Waals surface area contributed by atoms with Gasteiger partial charge in [0.2, 0.25) is 0 Å². The highest BCUT2D eigenvalue weighted by Crippen LogP contribution is 2.34. The number of hydrogen-bond acceptors (Lipinski definition) is 2. The number of nitrogens with two attached hydrogens (primary N) is 1. The number of nitrogen functional groups attached to an aromatic ring is 1. The second-order valence-electron chi connectivity index (χ2n) is 4.51. The van der Waals surface area contributed by atoms with Gasteiger partial charge < -0.3 is 11.1 Å². The lowest BCUT2D eigenvalue weighted by atomic mass is 10.1. The Morgan fingerprint density at radius 3 is 2.38 bits per heavy atom. The third-order valence-electron chi connectivity index (χ3n) is 2.91. The first-order valence-electron chi connectivity index (χ1n) is 5.88. The van der Waals surface area contributed by atoms with E-state index in [-0.39, 0.29) is 10.7 Å². The maximum atomic E-state index is 13.7. The van der Waals surface area contributed by atoms with Crippen molar-refractivity contribution in [2.45, 2.75) is 13.1 Å². The number of aryl methyl sites for hydroxylation is 1. The number of nitrogens with one attached hydrogen (secondary N) is 1. The van der Waals surface area contributed by atoms with Gasteiger partial charge in [-0.2, -0.15) is 13.2 Å². The second kappa shape index (κ2) is 5.44.